The summed E-state index contributed by atoms with van der Waals surface area (Å²) in [6, 6.07) is 4.78. The van der Waals surface area contributed by atoms with Crippen LogP contribution in [0.4, 0.5) is 0 Å². The molecule has 0 spiro atoms. The second-order valence-electron chi connectivity index (χ2n) is 5.21. The molecular formula is C13H20Cl2N2O2S. The Labute approximate surface area is 131 Å². The van der Waals surface area contributed by atoms with Gasteiger partial charge in [-0.15, -0.1) is 12.4 Å². The fourth-order valence-electron chi connectivity index (χ4n) is 2.65. The molecule has 1 fully saturated rings. The lowest BCUT2D eigenvalue weighted by molar-refractivity contribution is 0.399. The molecule has 20 heavy (non-hydrogen) atoms. The molecule has 0 amide bonds. The van der Waals surface area contributed by atoms with E-state index in [1.165, 1.54) is 0 Å². The van der Waals surface area contributed by atoms with Crippen molar-refractivity contribution in [2.45, 2.75) is 43.0 Å². The highest BCUT2D eigenvalue weighted by Gasteiger charge is 2.37. The van der Waals surface area contributed by atoms with Gasteiger partial charge in [0.05, 0.1) is 4.90 Å². The highest BCUT2D eigenvalue weighted by Crippen LogP contribution is 2.31. The molecule has 0 unspecified atom stereocenters. The lowest BCUT2D eigenvalue weighted by Gasteiger charge is -2.28. The van der Waals surface area contributed by atoms with Crippen LogP contribution >= 0.6 is 24.0 Å². The predicted octanol–water partition coefficient (Wildman–Crippen LogP) is 2.62. The maximum absolute atomic E-state index is 12.5. The lowest BCUT2D eigenvalue weighted by Crippen LogP contribution is -2.51. The van der Waals surface area contributed by atoms with Gasteiger partial charge in [-0.25, -0.2) is 13.1 Å². The smallest absolute Gasteiger partial charge is 0.241 e. The zero-order valence-corrected chi connectivity index (χ0v) is 13.7. The van der Waals surface area contributed by atoms with Gasteiger partial charge in [0.25, 0.3) is 0 Å². The average Bonchev–Trinajstić information content (AvgIpc) is 2.77. The fraction of sp³-hybridized carbons (Fsp3) is 0.538. The third-order valence-corrected chi connectivity index (χ3v) is 5.70. The molecule has 1 aliphatic rings. The molecule has 0 saturated heterocycles. The zero-order chi connectivity index (χ0) is 14.1. The van der Waals surface area contributed by atoms with Gasteiger partial charge in [0, 0.05) is 17.1 Å². The van der Waals surface area contributed by atoms with Gasteiger partial charge in [-0.1, -0.05) is 24.4 Å². The van der Waals surface area contributed by atoms with E-state index in [0.29, 0.717) is 17.1 Å². The van der Waals surface area contributed by atoms with Gasteiger partial charge in [0.15, 0.2) is 0 Å². The zero-order valence-electron chi connectivity index (χ0n) is 11.4. The monoisotopic (exact) mass is 338 g/mol. The molecule has 114 valence electrons. The summed E-state index contributed by atoms with van der Waals surface area (Å²) in [6.07, 6.45) is 3.63. The Balaban J connectivity index is 0.00000200. The third-order valence-electron chi connectivity index (χ3n) is 3.73. The first kappa shape index (κ1) is 17.7. The summed E-state index contributed by atoms with van der Waals surface area (Å²) < 4.78 is 27.7. The van der Waals surface area contributed by atoms with E-state index in [9.17, 15) is 8.42 Å². The van der Waals surface area contributed by atoms with Crippen LogP contribution in [0.1, 0.15) is 31.2 Å². The molecule has 0 aliphatic heterocycles. The number of benzene rings is 1. The SMILES string of the molecule is Cc1cc(Cl)ccc1S(=O)(=O)NC1(CN)CCCC1.Cl. The minimum absolute atomic E-state index is 0. The van der Waals surface area contributed by atoms with Gasteiger partial charge in [-0.3, -0.25) is 0 Å². The lowest BCUT2D eigenvalue weighted by atomic mass is 10.0. The Hall–Kier alpha value is -0.330. The molecule has 2 rings (SSSR count). The minimum atomic E-state index is -3.55. The second kappa shape index (κ2) is 6.62. The van der Waals surface area contributed by atoms with Gasteiger partial charge >= 0.3 is 0 Å². The highest BCUT2D eigenvalue weighted by atomic mass is 35.5. The maximum Gasteiger partial charge on any atom is 0.241 e. The quantitative estimate of drug-likeness (QED) is 0.886. The normalized spacial score (nSPS) is 17.8. The summed E-state index contributed by atoms with van der Waals surface area (Å²) in [5.74, 6) is 0. The van der Waals surface area contributed by atoms with Crippen molar-refractivity contribution in [1.82, 2.24) is 4.72 Å². The third kappa shape index (κ3) is 3.65. The molecule has 0 heterocycles. The van der Waals surface area contributed by atoms with Crippen LogP contribution in [0.3, 0.4) is 0 Å². The molecule has 4 nitrogen and oxygen atoms in total. The Morgan fingerprint density at radius 1 is 1.35 bits per heavy atom. The largest absolute Gasteiger partial charge is 0.329 e. The molecular weight excluding hydrogens is 319 g/mol. The molecule has 1 aromatic rings. The van der Waals surface area contributed by atoms with Crippen LogP contribution < -0.4 is 10.5 Å². The standard InChI is InChI=1S/C13H19ClN2O2S.ClH/c1-10-8-11(14)4-5-12(10)19(17,18)16-13(9-15)6-2-3-7-13;/h4-5,8,16H,2-3,6-7,9,15H2,1H3;1H. The van der Waals surface area contributed by atoms with Crippen molar-refractivity contribution in [1.29, 1.82) is 0 Å². The van der Waals surface area contributed by atoms with Gasteiger partial charge in [-0.2, -0.15) is 0 Å². The van der Waals surface area contributed by atoms with E-state index in [4.69, 9.17) is 17.3 Å². The van der Waals surface area contributed by atoms with E-state index < -0.39 is 15.6 Å². The van der Waals surface area contributed by atoms with Crippen LogP contribution in [0, 0.1) is 6.92 Å². The molecule has 0 radical (unpaired) electrons. The first-order chi connectivity index (χ1) is 8.88. The van der Waals surface area contributed by atoms with Crippen LogP contribution in [-0.2, 0) is 10.0 Å². The van der Waals surface area contributed by atoms with Crippen LogP contribution in [0.15, 0.2) is 23.1 Å². The van der Waals surface area contributed by atoms with E-state index in [1.807, 2.05) is 0 Å². The molecule has 0 bridgehead atoms. The van der Waals surface area contributed by atoms with E-state index >= 15 is 0 Å². The van der Waals surface area contributed by atoms with Crippen molar-refractivity contribution in [3.05, 3.63) is 28.8 Å². The van der Waals surface area contributed by atoms with Crippen molar-refractivity contribution < 1.29 is 8.42 Å². The van der Waals surface area contributed by atoms with Crippen LogP contribution in [0.2, 0.25) is 5.02 Å². The van der Waals surface area contributed by atoms with Gasteiger partial charge in [-0.05, 0) is 43.5 Å². The molecule has 1 aromatic carbocycles. The van der Waals surface area contributed by atoms with Crippen LogP contribution in [0.5, 0.6) is 0 Å². The van der Waals surface area contributed by atoms with Gasteiger partial charge in [0.1, 0.15) is 0 Å². The Morgan fingerprint density at radius 2 is 1.95 bits per heavy atom. The number of sulfonamides is 1. The number of hydrogen-bond acceptors (Lipinski definition) is 3. The number of nitrogens with two attached hydrogens (primary N) is 1. The van der Waals surface area contributed by atoms with Crippen molar-refractivity contribution in [2.24, 2.45) is 5.73 Å². The Morgan fingerprint density at radius 3 is 2.45 bits per heavy atom. The first-order valence-corrected chi connectivity index (χ1v) is 8.25. The number of nitrogens with one attached hydrogen (secondary N) is 1. The summed E-state index contributed by atoms with van der Waals surface area (Å²) in [4.78, 5) is 0.275. The van der Waals surface area contributed by atoms with Gasteiger partial charge in [0.2, 0.25) is 10.0 Å². The van der Waals surface area contributed by atoms with Crippen LogP contribution in [0.25, 0.3) is 0 Å². The van der Waals surface area contributed by atoms with Crippen LogP contribution in [-0.4, -0.2) is 20.5 Å². The topological polar surface area (TPSA) is 72.2 Å². The first-order valence-electron chi connectivity index (χ1n) is 6.39. The van der Waals surface area contributed by atoms with Crippen molar-refractivity contribution in [3.63, 3.8) is 0 Å². The number of hydrogen-bond donors (Lipinski definition) is 2. The molecule has 7 heteroatoms. The Kier molecular flexibility index (Phi) is 5.87. The Bertz CT molecular complexity index is 570. The molecule has 1 saturated carbocycles. The summed E-state index contributed by atoms with van der Waals surface area (Å²) in [6.45, 7) is 2.07. The number of halogens is 2. The minimum Gasteiger partial charge on any atom is -0.329 e. The van der Waals surface area contributed by atoms with Crippen molar-refractivity contribution in [3.8, 4) is 0 Å². The summed E-state index contributed by atoms with van der Waals surface area (Å²) in [5, 5.41) is 0.533. The molecule has 1 aliphatic carbocycles. The van der Waals surface area contributed by atoms with E-state index in [2.05, 4.69) is 4.72 Å². The second-order valence-corrected chi connectivity index (χ2v) is 7.29. The predicted molar refractivity (Wildman–Crippen MR) is 84.0 cm³/mol. The van der Waals surface area contributed by atoms with E-state index in [-0.39, 0.29) is 17.3 Å². The van der Waals surface area contributed by atoms with Crippen molar-refractivity contribution >= 4 is 34.0 Å². The summed E-state index contributed by atoms with van der Waals surface area (Å²) >= 11 is 5.86. The highest BCUT2D eigenvalue weighted by molar-refractivity contribution is 7.89. The van der Waals surface area contributed by atoms with Gasteiger partial charge < -0.3 is 5.73 Å². The number of aryl methyl sites for hydroxylation is 1. The maximum atomic E-state index is 12.5. The number of rotatable bonds is 4. The fourth-order valence-corrected chi connectivity index (χ4v) is 4.58. The molecule has 0 atom stereocenters. The molecule has 3 N–H and O–H groups in total. The van der Waals surface area contributed by atoms with E-state index in [1.54, 1.807) is 25.1 Å². The van der Waals surface area contributed by atoms with Crippen molar-refractivity contribution in [2.75, 3.05) is 6.54 Å². The van der Waals surface area contributed by atoms with E-state index in [0.717, 1.165) is 25.7 Å². The average molecular weight is 339 g/mol. The molecule has 0 aromatic heterocycles. The summed E-state index contributed by atoms with van der Waals surface area (Å²) in [7, 11) is -3.55. The summed E-state index contributed by atoms with van der Waals surface area (Å²) in [5.41, 5.74) is 5.93.